The van der Waals surface area contributed by atoms with E-state index in [4.69, 9.17) is 9.40 Å². The Bertz CT molecular complexity index is 1340. The Labute approximate surface area is 212 Å². The summed E-state index contributed by atoms with van der Waals surface area (Å²) in [6.07, 6.45) is 0. The van der Waals surface area contributed by atoms with Gasteiger partial charge in [-0.05, 0) is 68.8 Å². The van der Waals surface area contributed by atoms with Crippen LogP contribution in [0, 0.1) is 20.8 Å². The topological polar surface area (TPSA) is 61.6 Å². The average molecular weight is 481 g/mol. The van der Waals surface area contributed by atoms with Crippen molar-refractivity contribution in [3.8, 4) is 11.5 Å². The van der Waals surface area contributed by atoms with E-state index in [0.717, 1.165) is 61.0 Å². The number of anilines is 2. The normalized spacial score (nSPS) is 14.1. The minimum Gasteiger partial charge on any atom is -0.441 e. The lowest BCUT2D eigenvalue weighted by atomic mass is 10.1. The highest BCUT2D eigenvalue weighted by Gasteiger charge is 2.20. The Morgan fingerprint density at radius 1 is 0.917 bits per heavy atom. The molecule has 0 aliphatic carbocycles. The summed E-state index contributed by atoms with van der Waals surface area (Å²) in [7, 11) is 0. The van der Waals surface area contributed by atoms with Crippen LogP contribution < -0.4 is 10.2 Å². The molecular formula is C30H32N4O2. The summed E-state index contributed by atoms with van der Waals surface area (Å²) < 4.78 is 6.01. The maximum atomic E-state index is 12.7. The fourth-order valence-electron chi connectivity index (χ4n) is 4.63. The maximum Gasteiger partial charge on any atom is 0.255 e. The van der Waals surface area contributed by atoms with Crippen molar-refractivity contribution in [2.24, 2.45) is 0 Å². The van der Waals surface area contributed by atoms with Crippen molar-refractivity contribution in [1.82, 2.24) is 9.88 Å². The number of benzene rings is 3. The lowest BCUT2D eigenvalue weighted by Gasteiger charge is -2.35. The summed E-state index contributed by atoms with van der Waals surface area (Å²) in [6.45, 7) is 10.8. The van der Waals surface area contributed by atoms with Crippen molar-refractivity contribution >= 4 is 17.3 Å². The van der Waals surface area contributed by atoms with E-state index in [1.54, 1.807) is 0 Å². The number of amides is 1. The van der Waals surface area contributed by atoms with Crippen LogP contribution >= 0.6 is 0 Å². The number of para-hydroxylation sites is 1. The van der Waals surface area contributed by atoms with Crippen LogP contribution in [0.1, 0.15) is 32.9 Å². The number of rotatable bonds is 6. The molecule has 5 rings (SSSR count). The number of aromatic nitrogens is 1. The zero-order chi connectivity index (χ0) is 25.1. The van der Waals surface area contributed by atoms with Crippen LogP contribution in [0.5, 0.6) is 0 Å². The number of oxazole rings is 1. The highest BCUT2D eigenvalue weighted by atomic mass is 16.4. The Balaban J connectivity index is 1.21. The van der Waals surface area contributed by atoms with Crippen LogP contribution in [0.3, 0.4) is 0 Å². The van der Waals surface area contributed by atoms with Gasteiger partial charge in [0.05, 0.1) is 5.69 Å². The predicted molar refractivity (Wildman–Crippen MR) is 144 cm³/mol. The van der Waals surface area contributed by atoms with Crippen molar-refractivity contribution < 1.29 is 9.21 Å². The molecule has 1 amide bonds. The Kier molecular flexibility index (Phi) is 6.87. The first-order chi connectivity index (χ1) is 17.5. The molecule has 1 N–H and O–H groups in total. The molecule has 6 heteroatoms. The first-order valence-corrected chi connectivity index (χ1v) is 12.4. The van der Waals surface area contributed by atoms with E-state index in [1.807, 2.05) is 57.2 Å². The molecule has 2 heterocycles. The molecule has 0 atom stereocenters. The Morgan fingerprint density at radius 3 is 2.33 bits per heavy atom. The third-order valence-corrected chi connectivity index (χ3v) is 6.78. The standard InChI is InChI=1S/C30H32N4O2/c1-21-9-14-27(22(2)19-21)31-29(35)24-10-12-25(13-11-24)30-32-28(23(3)36-30)20-33-15-17-34(18-16-33)26-7-5-4-6-8-26/h4-14,19H,15-18,20H2,1-3H3,(H,31,35). The number of carbonyl (C=O) groups is 1. The number of nitrogens with one attached hydrogen (secondary N) is 1. The van der Waals surface area contributed by atoms with Crippen LogP contribution in [0.15, 0.2) is 77.2 Å². The second-order valence-corrected chi connectivity index (χ2v) is 9.47. The second-order valence-electron chi connectivity index (χ2n) is 9.47. The number of aryl methyl sites for hydroxylation is 3. The monoisotopic (exact) mass is 480 g/mol. The van der Waals surface area contributed by atoms with Gasteiger partial charge in [0.15, 0.2) is 0 Å². The molecule has 1 aliphatic rings. The summed E-state index contributed by atoms with van der Waals surface area (Å²) in [4.78, 5) is 22.4. The van der Waals surface area contributed by atoms with Gasteiger partial charge in [-0.25, -0.2) is 4.98 Å². The molecule has 0 spiro atoms. The SMILES string of the molecule is Cc1ccc(NC(=O)c2ccc(-c3nc(CN4CCN(c5ccccc5)CC4)c(C)o3)cc2)c(C)c1. The van der Waals surface area contributed by atoms with Gasteiger partial charge < -0.3 is 14.6 Å². The zero-order valence-electron chi connectivity index (χ0n) is 21.1. The van der Waals surface area contributed by atoms with Crippen molar-refractivity contribution in [3.05, 3.63) is 101 Å². The van der Waals surface area contributed by atoms with Crippen LogP contribution in [-0.2, 0) is 6.54 Å². The van der Waals surface area contributed by atoms with E-state index in [-0.39, 0.29) is 5.91 Å². The van der Waals surface area contributed by atoms with Gasteiger partial charge in [0, 0.05) is 55.2 Å². The maximum absolute atomic E-state index is 12.7. The third kappa shape index (κ3) is 5.34. The van der Waals surface area contributed by atoms with Crippen LogP contribution in [0.2, 0.25) is 0 Å². The van der Waals surface area contributed by atoms with E-state index in [2.05, 4.69) is 51.5 Å². The lowest BCUT2D eigenvalue weighted by molar-refractivity contribution is 0.102. The summed E-state index contributed by atoms with van der Waals surface area (Å²) in [5.74, 6) is 1.30. The first-order valence-electron chi connectivity index (χ1n) is 12.4. The van der Waals surface area contributed by atoms with Gasteiger partial charge in [-0.15, -0.1) is 0 Å². The van der Waals surface area contributed by atoms with Gasteiger partial charge in [-0.1, -0.05) is 35.9 Å². The average Bonchev–Trinajstić information content (AvgIpc) is 3.26. The Morgan fingerprint density at radius 2 is 1.64 bits per heavy atom. The number of carbonyl (C=O) groups excluding carboxylic acids is 1. The smallest absolute Gasteiger partial charge is 0.255 e. The van der Waals surface area contributed by atoms with Crippen molar-refractivity contribution in [1.29, 1.82) is 0 Å². The van der Waals surface area contributed by atoms with Gasteiger partial charge in [-0.2, -0.15) is 0 Å². The molecule has 4 aromatic rings. The van der Waals surface area contributed by atoms with Crippen molar-refractivity contribution in [3.63, 3.8) is 0 Å². The Hall–Kier alpha value is -3.90. The fraction of sp³-hybridized carbons (Fsp3) is 0.267. The van der Waals surface area contributed by atoms with E-state index in [9.17, 15) is 4.79 Å². The summed E-state index contributed by atoms with van der Waals surface area (Å²) in [6, 6.07) is 24.0. The molecule has 1 saturated heterocycles. The molecule has 0 saturated carbocycles. The summed E-state index contributed by atoms with van der Waals surface area (Å²) in [5.41, 5.74) is 6.75. The largest absolute Gasteiger partial charge is 0.441 e. The third-order valence-electron chi connectivity index (χ3n) is 6.78. The van der Waals surface area contributed by atoms with Crippen LogP contribution in [0.4, 0.5) is 11.4 Å². The molecule has 1 fully saturated rings. The predicted octanol–water partition coefficient (Wildman–Crippen LogP) is 5.84. The van der Waals surface area contributed by atoms with E-state index >= 15 is 0 Å². The minimum absolute atomic E-state index is 0.132. The summed E-state index contributed by atoms with van der Waals surface area (Å²) in [5, 5.41) is 3.00. The van der Waals surface area contributed by atoms with E-state index in [0.29, 0.717) is 11.5 Å². The highest BCUT2D eigenvalue weighted by molar-refractivity contribution is 6.04. The molecule has 184 valence electrons. The first kappa shape index (κ1) is 23.8. The molecule has 1 aliphatic heterocycles. The number of piperazine rings is 1. The molecule has 3 aromatic carbocycles. The number of nitrogens with zero attached hydrogens (tertiary/aromatic N) is 3. The molecule has 1 aromatic heterocycles. The van der Waals surface area contributed by atoms with Crippen LogP contribution in [0.25, 0.3) is 11.5 Å². The van der Waals surface area contributed by atoms with E-state index in [1.165, 1.54) is 11.3 Å². The van der Waals surface area contributed by atoms with Crippen molar-refractivity contribution in [2.75, 3.05) is 36.4 Å². The quantitative estimate of drug-likeness (QED) is 0.376. The molecule has 36 heavy (non-hydrogen) atoms. The van der Waals surface area contributed by atoms with Gasteiger partial charge in [0.25, 0.3) is 5.91 Å². The number of hydrogen-bond acceptors (Lipinski definition) is 5. The lowest BCUT2D eigenvalue weighted by Crippen LogP contribution is -2.46. The minimum atomic E-state index is -0.132. The van der Waals surface area contributed by atoms with Gasteiger partial charge >= 0.3 is 0 Å². The van der Waals surface area contributed by atoms with E-state index < -0.39 is 0 Å². The second kappa shape index (κ2) is 10.4. The molecule has 0 radical (unpaired) electrons. The van der Waals surface area contributed by atoms with Gasteiger partial charge in [-0.3, -0.25) is 9.69 Å². The summed E-state index contributed by atoms with van der Waals surface area (Å²) >= 11 is 0. The number of hydrogen-bond donors (Lipinski definition) is 1. The van der Waals surface area contributed by atoms with Crippen LogP contribution in [-0.4, -0.2) is 42.0 Å². The van der Waals surface area contributed by atoms with Gasteiger partial charge in [0.2, 0.25) is 5.89 Å². The molecule has 6 nitrogen and oxygen atoms in total. The molecular weight excluding hydrogens is 448 g/mol. The van der Waals surface area contributed by atoms with Gasteiger partial charge in [0.1, 0.15) is 5.76 Å². The molecule has 0 unspecified atom stereocenters. The highest BCUT2D eigenvalue weighted by Crippen LogP contribution is 2.25. The fourth-order valence-corrected chi connectivity index (χ4v) is 4.63. The zero-order valence-corrected chi connectivity index (χ0v) is 21.1. The van der Waals surface area contributed by atoms with Crippen molar-refractivity contribution in [2.45, 2.75) is 27.3 Å². The molecule has 0 bridgehead atoms.